The number of rotatable bonds is 6. The first kappa shape index (κ1) is 14.4. The third-order valence-corrected chi connectivity index (χ3v) is 2.07. The molecule has 1 aromatic carbocycles. The zero-order valence-corrected chi connectivity index (χ0v) is 9.63. The number of ether oxygens (including phenoxy) is 2. The Hall–Kier alpha value is -1.66. The molecule has 3 nitrogen and oxygen atoms in total. The third kappa shape index (κ3) is 3.41. The van der Waals surface area contributed by atoms with Crippen molar-refractivity contribution in [2.24, 2.45) is 0 Å². The van der Waals surface area contributed by atoms with E-state index in [-0.39, 0.29) is 17.2 Å². The number of alkyl halides is 4. The first-order chi connectivity index (χ1) is 8.38. The maximum absolute atomic E-state index is 12.7. The molecule has 0 saturated carbocycles. The van der Waals surface area contributed by atoms with Gasteiger partial charge in [-0.3, -0.25) is 0 Å². The lowest BCUT2D eigenvalue weighted by Crippen LogP contribution is -2.33. The molecule has 18 heavy (non-hydrogen) atoms. The van der Waals surface area contributed by atoms with Gasteiger partial charge in [-0.15, -0.1) is 0 Å². The quantitative estimate of drug-likeness (QED) is 0.636. The minimum absolute atomic E-state index is 0.00409. The highest BCUT2D eigenvalue weighted by molar-refractivity contribution is 5.62. The summed E-state index contributed by atoms with van der Waals surface area (Å²) in [6, 6.07) is 4.30. The van der Waals surface area contributed by atoms with Crippen LogP contribution in [-0.4, -0.2) is 25.6 Å². The summed E-state index contributed by atoms with van der Waals surface area (Å²) < 4.78 is 58.9. The predicted octanol–water partition coefficient (Wildman–Crippen LogP) is 2.95. The van der Waals surface area contributed by atoms with E-state index < -0.39 is 19.0 Å². The SMILES string of the molecule is CCOc1cccc(OCC(F)(F)C(F)F)c1N. The summed E-state index contributed by atoms with van der Waals surface area (Å²) in [7, 11) is 0. The van der Waals surface area contributed by atoms with Gasteiger partial charge in [0.05, 0.1) is 6.61 Å². The Morgan fingerprint density at radius 2 is 1.78 bits per heavy atom. The molecule has 1 aromatic rings. The van der Waals surface area contributed by atoms with Gasteiger partial charge >= 0.3 is 12.3 Å². The van der Waals surface area contributed by atoms with Crippen LogP contribution in [-0.2, 0) is 0 Å². The average molecular weight is 267 g/mol. The Morgan fingerprint density at radius 1 is 1.22 bits per heavy atom. The van der Waals surface area contributed by atoms with Crippen LogP contribution in [0.1, 0.15) is 6.92 Å². The fourth-order valence-corrected chi connectivity index (χ4v) is 1.17. The van der Waals surface area contributed by atoms with Crippen molar-refractivity contribution < 1.29 is 27.0 Å². The van der Waals surface area contributed by atoms with Crippen LogP contribution in [0.4, 0.5) is 23.2 Å². The van der Waals surface area contributed by atoms with Crippen molar-refractivity contribution in [3.05, 3.63) is 18.2 Å². The molecule has 0 unspecified atom stereocenters. The largest absolute Gasteiger partial charge is 0.492 e. The van der Waals surface area contributed by atoms with Gasteiger partial charge in [0.15, 0.2) is 6.61 Å². The molecular formula is C11H13F4NO2. The number of para-hydroxylation sites is 1. The number of nitrogen functional groups attached to an aromatic ring is 1. The van der Waals surface area contributed by atoms with Crippen molar-refractivity contribution in [1.29, 1.82) is 0 Å². The van der Waals surface area contributed by atoms with Crippen molar-refractivity contribution in [3.8, 4) is 11.5 Å². The summed E-state index contributed by atoms with van der Waals surface area (Å²) in [6.45, 7) is 0.614. The van der Waals surface area contributed by atoms with Crippen LogP contribution < -0.4 is 15.2 Å². The lowest BCUT2D eigenvalue weighted by molar-refractivity contribution is -0.148. The van der Waals surface area contributed by atoms with E-state index in [2.05, 4.69) is 4.74 Å². The second-order valence-electron chi connectivity index (χ2n) is 3.45. The molecule has 0 radical (unpaired) electrons. The van der Waals surface area contributed by atoms with Gasteiger partial charge < -0.3 is 15.2 Å². The molecule has 2 N–H and O–H groups in total. The molecule has 0 aromatic heterocycles. The zero-order valence-electron chi connectivity index (χ0n) is 9.63. The van der Waals surface area contributed by atoms with Crippen molar-refractivity contribution in [2.45, 2.75) is 19.3 Å². The van der Waals surface area contributed by atoms with E-state index in [0.29, 0.717) is 6.61 Å². The van der Waals surface area contributed by atoms with E-state index in [1.807, 2.05) is 0 Å². The van der Waals surface area contributed by atoms with Crippen LogP contribution in [0, 0.1) is 0 Å². The van der Waals surface area contributed by atoms with Crippen molar-refractivity contribution >= 4 is 5.69 Å². The highest BCUT2D eigenvalue weighted by atomic mass is 19.3. The molecule has 0 bridgehead atoms. The average Bonchev–Trinajstić information content (AvgIpc) is 2.30. The molecule has 0 aliphatic carbocycles. The summed E-state index contributed by atoms with van der Waals surface area (Å²) >= 11 is 0. The van der Waals surface area contributed by atoms with Crippen LogP contribution >= 0.6 is 0 Å². The van der Waals surface area contributed by atoms with Crippen LogP contribution in [0.25, 0.3) is 0 Å². The number of anilines is 1. The molecule has 102 valence electrons. The van der Waals surface area contributed by atoms with Crippen molar-refractivity contribution in [2.75, 3.05) is 18.9 Å². The van der Waals surface area contributed by atoms with E-state index in [1.54, 1.807) is 6.92 Å². The highest BCUT2D eigenvalue weighted by Crippen LogP contribution is 2.33. The number of nitrogens with two attached hydrogens (primary N) is 1. The molecule has 1 rings (SSSR count). The number of hydrogen-bond donors (Lipinski definition) is 1. The molecular weight excluding hydrogens is 254 g/mol. The second-order valence-corrected chi connectivity index (χ2v) is 3.45. The Morgan fingerprint density at radius 3 is 2.28 bits per heavy atom. The van der Waals surface area contributed by atoms with Crippen molar-refractivity contribution in [3.63, 3.8) is 0 Å². The van der Waals surface area contributed by atoms with E-state index in [0.717, 1.165) is 0 Å². The molecule has 7 heteroatoms. The fraction of sp³-hybridized carbons (Fsp3) is 0.455. The smallest absolute Gasteiger partial charge is 0.340 e. The van der Waals surface area contributed by atoms with Crippen LogP contribution in [0.5, 0.6) is 11.5 Å². The van der Waals surface area contributed by atoms with Crippen LogP contribution in [0.2, 0.25) is 0 Å². The summed E-state index contributed by atoms with van der Waals surface area (Å²) in [6.07, 6.45) is -3.78. The first-order valence-electron chi connectivity index (χ1n) is 5.18. The van der Waals surface area contributed by atoms with Crippen LogP contribution in [0.15, 0.2) is 18.2 Å². The van der Waals surface area contributed by atoms with E-state index in [9.17, 15) is 17.6 Å². The standard InChI is InChI=1S/C11H13F4NO2/c1-2-17-7-4-3-5-8(9(7)16)18-6-11(14,15)10(12)13/h3-5,10H,2,6,16H2,1H3. The Labute approximate surface area is 101 Å². The molecule has 0 amide bonds. The van der Waals surface area contributed by atoms with E-state index in [1.165, 1.54) is 18.2 Å². The normalized spacial score (nSPS) is 11.7. The van der Waals surface area contributed by atoms with Crippen molar-refractivity contribution in [1.82, 2.24) is 0 Å². The maximum Gasteiger partial charge on any atom is 0.340 e. The van der Waals surface area contributed by atoms with Gasteiger partial charge in [0, 0.05) is 0 Å². The number of halogens is 4. The molecule has 0 heterocycles. The Bertz CT molecular complexity index is 399. The predicted molar refractivity (Wildman–Crippen MR) is 58.5 cm³/mol. The Balaban J connectivity index is 2.77. The van der Waals surface area contributed by atoms with E-state index >= 15 is 0 Å². The fourth-order valence-electron chi connectivity index (χ4n) is 1.17. The molecule has 0 atom stereocenters. The van der Waals surface area contributed by atoms with Gasteiger partial charge in [0.25, 0.3) is 0 Å². The van der Waals surface area contributed by atoms with Gasteiger partial charge in [0.1, 0.15) is 17.2 Å². The third-order valence-electron chi connectivity index (χ3n) is 2.07. The first-order valence-corrected chi connectivity index (χ1v) is 5.18. The number of benzene rings is 1. The topological polar surface area (TPSA) is 44.5 Å². The second kappa shape index (κ2) is 5.79. The van der Waals surface area contributed by atoms with Gasteiger partial charge in [-0.05, 0) is 19.1 Å². The molecule has 0 aliphatic rings. The molecule has 0 aliphatic heterocycles. The van der Waals surface area contributed by atoms with Gasteiger partial charge in [-0.25, -0.2) is 8.78 Å². The number of hydrogen-bond acceptors (Lipinski definition) is 3. The highest BCUT2D eigenvalue weighted by Gasteiger charge is 2.41. The summed E-state index contributed by atoms with van der Waals surface area (Å²) in [5, 5.41) is 0. The zero-order chi connectivity index (χ0) is 13.8. The summed E-state index contributed by atoms with van der Waals surface area (Å²) in [4.78, 5) is 0. The van der Waals surface area contributed by atoms with Gasteiger partial charge in [-0.1, -0.05) is 6.07 Å². The summed E-state index contributed by atoms with van der Waals surface area (Å²) in [5.74, 6) is -4.06. The maximum atomic E-state index is 12.7. The lowest BCUT2D eigenvalue weighted by atomic mass is 10.2. The van der Waals surface area contributed by atoms with Crippen LogP contribution in [0.3, 0.4) is 0 Å². The van der Waals surface area contributed by atoms with Gasteiger partial charge in [0.2, 0.25) is 0 Å². The minimum atomic E-state index is -4.21. The van der Waals surface area contributed by atoms with E-state index in [4.69, 9.17) is 10.5 Å². The Kier molecular flexibility index (Phi) is 4.63. The summed E-state index contributed by atoms with van der Waals surface area (Å²) in [5.41, 5.74) is 5.60. The molecule has 0 spiro atoms. The monoisotopic (exact) mass is 267 g/mol. The van der Waals surface area contributed by atoms with Gasteiger partial charge in [-0.2, -0.15) is 8.78 Å². The molecule has 0 saturated heterocycles. The lowest BCUT2D eigenvalue weighted by Gasteiger charge is -2.17. The minimum Gasteiger partial charge on any atom is -0.492 e. The molecule has 0 fully saturated rings.